The summed E-state index contributed by atoms with van der Waals surface area (Å²) in [5, 5.41) is 23.5. The van der Waals surface area contributed by atoms with Crippen LogP contribution in [0.25, 0.3) is 6.08 Å². The van der Waals surface area contributed by atoms with Crippen LogP contribution < -0.4 is 14.8 Å². The molecule has 36 heavy (non-hydrogen) atoms. The van der Waals surface area contributed by atoms with Crippen molar-refractivity contribution in [2.24, 2.45) is 0 Å². The van der Waals surface area contributed by atoms with Crippen LogP contribution >= 0.6 is 11.6 Å². The van der Waals surface area contributed by atoms with Crippen molar-refractivity contribution in [2.45, 2.75) is 26.9 Å². The Kier molecular flexibility index (Phi) is 9.03. The van der Waals surface area contributed by atoms with Crippen LogP contribution in [0.2, 0.25) is 5.02 Å². The zero-order chi connectivity index (χ0) is 26.1. The maximum absolute atomic E-state index is 12.8. The molecule has 184 valence electrons. The van der Waals surface area contributed by atoms with E-state index in [0.717, 1.165) is 12.0 Å². The summed E-state index contributed by atoms with van der Waals surface area (Å²) in [7, 11) is 0. The topological polar surface area (TPSA) is 114 Å². The van der Waals surface area contributed by atoms with E-state index in [1.165, 1.54) is 18.2 Å². The molecule has 0 saturated carbocycles. The number of non-ortho nitro benzene ring substituents is 1. The number of nitrogens with zero attached hydrogens (tertiary/aromatic N) is 2. The fraction of sp³-hybridized carbons (Fsp3) is 0.185. The molecule has 1 amide bonds. The minimum atomic E-state index is -0.536. The van der Waals surface area contributed by atoms with Gasteiger partial charge in [0.2, 0.25) is 0 Å². The van der Waals surface area contributed by atoms with E-state index in [2.05, 4.69) is 5.32 Å². The monoisotopic (exact) mass is 505 g/mol. The Hall–Kier alpha value is -4.35. The Labute approximate surface area is 213 Å². The van der Waals surface area contributed by atoms with Crippen molar-refractivity contribution in [2.75, 3.05) is 11.9 Å². The molecule has 3 aromatic carbocycles. The highest BCUT2D eigenvalue weighted by molar-refractivity contribution is 6.32. The van der Waals surface area contributed by atoms with Crippen LogP contribution in [0.15, 0.2) is 66.2 Å². The molecular formula is C27H24ClN3O5. The lowest BCUT2D eigenvalue weighted by atomic mass is 10.1. The molecule has 3 rings (SSSR count). The first kappa shape index (κ1) is 26.3. The molecule has 9 heteroatoms. The molecule has 0 aliphatic heterocycles. The van der Waals surface area contributed by atoms with E-state index in [-0.39, 0.29) is 28.6 Å². The largest absolute Gasteiger partial charge is 0.490 e. The third-order valence-electron chi connectivity index (χ3n) is 5.18. The Bertz CT molecular complexity index is 1330. The molecular weight excluding hydrogens is 482 g/mol. The summed E-state index contributed by atoms with van der Waals surface area (Å²) < 4.78 is 11.5. The first-order valence-electron chi connectivity index (χ1n) is 11.2. The molecule has 0 unspecified atom stereocenters. The highest BCUT2D eigenvalue weighted by Gasteiger charge is 2.16. The van der Waals surface area contributed by atoms with Gasteiger partial charge in [0.25, 0.3) is 11.6 Å². The standard InChI is InChI=1S/C27H24ClN3O5/c1-3-20-7-5-6-8-24(20)30-27(32)21(16-29)13-19-14-23(28)26(25(15-19)35-4-2)36-17-18-9-11-22(12-10-18)31(33)34/h5-15H,3-4,17H2,1-2H3,(H,30,32)/b21-13+. The number of para-hydroxylation sites is 1. The number of hydrogen-bond donors (Lipinski definition) is 1. The van der Waals surface area contributed by atoms with E-state index in [0.29, 0.717) is 29.2 Å². The molecule has 0 aromatic heterocycles. The van der Waals surface area contributed by atoms with Crippen molar-refractivity contribution in [3.63, 3.8) is 0 Å². The summed E-state index contributed by atoms with van der Waals surface area (Å²) >= 11 is 6.47. The fourth-order valence-corrected chi connectivity index (χ4v) is 3.67. The first-order chi connectivity index (χ1) is 17.4. The van der Waals surface area contributed by atoms with E-state index in [1.54, 1.807) is 37.3 Å². The maximum Gasteiger partial charge on any atom is 0.269 e. The van der Waals surface area contributed by atoms with Gasteiger partial charge in [0, 0.05) is 17.8 Å². The van der Waals surface area contributed by atoms with Crippen LogP contribution in [0.1, 0.15) is 30.5 Å². The molecule has 1 N–H and O–H groups in total. The second kappa shape index (κ2) is 12.4. The van der Waals surface area contributed by atoms with Gasteiger partial charge >= 0.3 is 0 Å². The molecule has 0 heterocycles. The minimum Gasteiger partial charge on any atom is -0.490 e. The predicted octanol–water partition coefficient (Wildman–Crippen LogP) is 6.33. The summed E-state index contributed by atoms with van der Waals surface area (Å²) in [4.78, 5) is 23.1. The van der Waals surface area contributed by atoms with Crippen LogP contribution in [0.4, 0.5) is 11.4 Å². The number of carbonyl (C=O) groups excluding carboxylic acids is 1. The molecule has 0 aliphatic carbocycles. The summed E-state index contributed by atoms with van der Waals surface area (Å²) in [5.41, 5.74) is 2.69. The van der Waals surface area contributed by atoms with Crippen LogP contribution in [0, 0.1) is 21.4 Å². The van der Waals surface area contributed by atoms with Gasteiger partial charge in [-0.25, -0.2) is 0 Å². The average molecular weight is 506 g/mol. The smallest absolute Gasteiger partial charge is 0.269 e. The summed E-state index contributed by atoms with van der Waals surface area (Å²) in [6.07, 6.45) is 2.16. The number of nitrogens with one attached hydrogen (secondary N) is 1. The van der Waals surface area contributed by atoms with Crippen molar-refractivity contribution >= 4 is 35.0 Å². The maximum atomic E-state index is 12.8. The Morgan fingerprint density at radius 2 is 1.86 bits per heavy atom. The molecule has 0 atom stereocenters. The molecule has 0 radical (unpaired) electrons. The van der Waals surface area contributed by atoms with Gasteiger partial charge in [0.1, 0.15) is 18.2 Å². The normalized spacial score (nSPS) is 10.9. The summed E-state index contributed by atoms with van der Waals surface area (Å²) in [5.74, 6) is 0.0898. The van der Waals surface area contributed by atoms with Gasteiger partial charge in [-0.3, -0.25) is 14.9 Å². The van der Waals surface area contributed by atoms with Crippen molar-refractivity contribution in [3.05, 3.63) is 98.1 Å². The van der Waals surface area contributed by atoms with Gasteiger partial charge in [-0.05, 0) is 66.4 Å². The first-order valence-corrected chi connectivity index (χ1v) is 11.6. The number of rotatable bonds is 10. The van der Waals surface area contributed by atoms with Crippen molar-refractivity contribution in [1.82, 2.24) is 0 Å². The number of nitriles is 1. The fourth-order valence-electron chi connectivity index (χ4n) is 3.40. The van der Waals surface area contributed by atoms with E-state index < -0.39 is 10.8 Å². The number of nitro benzene ring substituents is 1. The number of nitro groups is 1. The lowest BCUT2D eigenvalue weighted by molar-refractivity contribution is -0.384. The van der Waals surface area contributed by atoms with Crippen molar-refractivity contribution < 1.29 is 19.2 Å². The van der Waals surface area contributed by atoms with Crippen molar-refractivity contribution in [3.8, 4) is 17.6 Å². The lowest BCUT2D eigenvalue weighted by Crippen LogP contribution is -2.14. The quantitative estimate of drug-likeness (QED) is 0.149. The van der Waals surface area contributed by atoms with Crippen LogP contribution in [0.3, 0.4) is 0 Å². The Morgan fingerprint density at radius 1 is 1.14 bits per heavy atom. The average Bonchev–Trinajstić information content (AvgIpc) is 2.87. The summed E-state index contributed by atoms with van der Waals surface area (Å²) in [6.45, 7) is 4.22. The van der Waals surface area contributed by atoms with E-state index >= 15 is 0 Å². The van der Waals surface area contributed by atoms with Gasteiger partial charge in [0.05, 0.1) is 16.6 Å². The Morgan fingerprint density at radius 3 is 2.50 bits per heavy atom. The number of anilines is 1. The zero-order valence-corrected chi connectivity index (χ0v) is 20.5. The highest BCUT2D eigenvalue weighted by atomic mass is 35.5. The van der Waals surface area contributed by atoms with Gasteiger partial charge < -0.3 is 14.8 Å². The van der Waals surface area contributed by atoms with Gasteiger partial charge in [-0.1, -0.05) is 36.7 Å². The van der Waals surface area contributed by atoms with Gasteiger partial charge in [0.15, 0.2) is 11.5 Å². The third kappa shape index (κ3) is 6.62. The van der Waals surface area contributed by atoms with Crippen LogP contribution in [0.5, 0.6) is 11.5 Å². The number of hydrogen-bond acceptors (Lipinski definition) is 6. The lowest BCUT2D eigenvalue weighted by Gasteiger charge is -2.15. The second-order valence-corrected chi connectivity index (χ2v) is 8.02. The summed E-state index contributed by atoms with van der Waals surface area (Å²) in [6, 6.07) is 18.5. The predicted molar refractivity (Wildman–Crippen MR) is 138 cm³/mol. The number of halogens is 1. The SMILES string of the molecule is CCOc1cc(/C=C(\C#N)C(=O)Nc2ccccc2CC)cc(Cl)c1OCc1ccc([N+](=O)[O-])cc1. The van der Waals surface area contributed by atoms with Crippen LogP contribution in [-0.4, -0.2) is 17.4 Å². The number of amides is 1. The second-order valence-electron chi connectivity index (χ2n) is 7.61. The highest BCUT2D eigenvalue weighted by Crippen LogP contribution is 2.38. The van der Waals surface area contributed by atoms with Gasteiger partial charge in [-0.2, -0.15) is 5.26 Å². The van der Waals surface area contributed by atoms with E-state index in [1.807, 2.05) is 31.2 Å². The van der Waals surface area contributed by atoms with Crippen molar-refractivity contribution in [1.29, 1.82) is 5.26 Å². The minimum absolute atomic E-state index is 0.0153. The zero-order valence-electron chi connectivity index (χ0n) is 19.8. The molecule has 0 aliphatic rings. The number of ether oxygens (including phenoxy) is 2. The Balaban J connectivity index is 1.83. The molecule has 3 aromatic rings. The third-order valence-corrected chi connectivity index (χ3v) is 5.47. The molecule has 8 nitrogen and oxygen atoms in total. The molecule has 0 fully saturated rings. The van der Waals surface area contributed by atoms with Gasteiger partial charge in [-0.15, -0.1) is 0 Å². The van der Waals surface area contributed by atoms with E-state index in [9.17, 15) is 20.2 Å². The molecule has 0 bridgehead atoms. The van der Waals surface area contributed by atoms with Crippen LogP contribution in [-0.2, 0) is 17.8 Å². The molecule has 0 spiro atoms. The number of benzene rings is 3. The molecule has 0 saturated heterocycles. The van der Waals surface area contributed by atoms with E-state index in [4.69, 9.17) is 21.1 Å². The number of carbonyl (C=O) groups is 1. The number of aryl methyl sites for hydroxylation is 1.